The van der Waals surface area contributed by atoms with Gasteiger partial charge in [-0.05, 0) is 11.3 Å². The molecule has 100 valence electrons. The number of esters is 2. The summed E-state index contributed by atoms with van der Waals surface area (Å²) in [4.78, 5) is 22.5. The van der Waals surface area contributed by atoms with E-state index in [1.165, 1.54) is 0 Å². The maximum atomic E-state index is 11.3. The van der Waals surface area contributed by atoms with Crippen LogP contribution in [0.15, 0.2) is 0 Å². The quantitative estimate of drug-likeness (QED) is 0.674. The van der Waals surface area contributed by atoms with Crippen LogP contribution in [0.3, 0.4) is 0 Å². The highest BCUT2D eigenvalue weighted by molar-refractivity contribution is 5.77. The van der Waals surface area contributed by atoms with Crippen molar-refractivity contribution in [2.75, 3.05) is 13.2 Å². The Kier molecular flexibility index (Phi) is 6.85. The predicted molar refractivity (Wildman–Crippen MR) is 65.4 cm³/mol. The molecule has 0 fully saturated rings. The molecule has 17 heavy (non-hydrogen) atoms. The van der Waals surface area contributed by atoms with Gasteiger partial charge in [-0.15, -0.1) is 0 Å². The normalized spacial score (nSPS) is 11.4. The van der Waals surface area contributed by atoms with Crippen molar-refractivity contribution in [1.29, 1.82) is 0 Å². The predicted octanol–water partition coefficient (Wildman–Crippen LogP) is 2.56. The van der Waals surface area contributed by atoms with Crippen LogP contribution in [0, 0.1) is 11.3 Å². The Morgan fingerprint density at radius 2 is 1.47 bits per heavy atom. The van der Waals surface area contributed by atoms with Gasteiger partial charge in [0.2, 0.25) is 0 Å². The van der Waals surface area contributed by atoms with E-state index < -0.39 is 0 Å². The van der Waals surface area contributed by atoms with Crippen molar-refractivity contribution in [2.45, 2.75) is 47.5 Å². The van der Waals surface area contributed by atoms with Gasteiger partial charge in [-0.3, -0.25) is 9.59 Å². The number of rotatable bonds is 6. The molecule has 0 aliphatic carbocycles. The summed E-state index contributed by atoms with van der Waals surface area (Å²) >= 11 is 0. The van der Waals surface area contributed by atoms with Gasteiger partial charge in [0, 0.05) is 0 Å². The molecule has 0 rings (SSSR count). The maximum absolute atomic E-state index is 11.3. The first-order chi connectivity index (χ1) is 7.70. The fourth-order valence-electron chi connectivity index (χ4n) is 0.905. The van der Waals surface area contributed by atoms with Gasteiger partial charge in [0.25, 0.3) is 0 Å². The van der Waals surface area contributed by atoms with Gasteiger partial charge in [0.05, 0.1) is 26.1 Å². The summed E-state index contributed by atoms with van der Waals surface area (Å²) in [6, 6.07) is 0. The molecule has 0 aromatic heterocycles. The molecule has 0 aromatic carbocycles. The van der Waals surface area contributed by atoms with Crippen molar-refractivity contribution < 1.29 is 19.1 Å². The summed E-state index contributed by atoms with van der Waals surface area (Å²) in [6.07, 6.45) is 0.183. The number of hydrogen-bond donors (Lipinski definition) is 0. The van der Waals surface area contributed by atoms with Gasteiger partial charge in [-0.2, -0.15) is 0 Å². The van der Waals surface area contributed by atoms with Crippen LogP contribution in [0.25, 0.3) is 0 Å². The molecule has 0 N–H and O–H groups in total. The lowest BCUT2D eigenvalue weighted by Crippen LogP contribution is -2.19. The topological polar surface area (TPSA) is 52.6 Å². The van der Waals surface area contributed by atoms with Crippen LogP contribution < -0.4 is 0 Å². The van der Waals surface area contributed by atoms with Crippen LogP contribution in [-0.4, -0.2) is 25.2 Å². The van der Waals surface area contributed by atoms with E-state index in [0.29, 0.717) is 19.1 Å². The average Bonchev–Trinajstić information content (AvgIpc) is 2.19. The Bertz CT molecular complexity index is 251. The lowest BCUT2D eigenvalue weighted by Gasteiger charge is -2.17. The van der Waals surface area contributed by atoms with E-state index in [0.717, 1.165) is 0 Å². The van der Waals surface area contributed by atoms with Crippen molar-refractivity contribution in [2.24, 2.45) is 11.3 Å². The maximum Gasteiger partial charge on any atom is 0.306 e. The third-order valence-electron chi connectivity index (χ3n) is 1.78. The standard InChI is InChI=1S/C13H24O4/c1-10(2)8-16-11(14)6-7-12(15)17-9-13(3,4)5/h10H,6-9H2,1-5H3. The molecule has 0 aliphatic rings. The molecule has 0 saturated heterocycles. The molecule has 4 nitrogen and oxygen atoms in total. The lowest BCUT2D eigenvalue weighted by atomic mass is 9.99. The summed E-state index contributed by atoms with van der Waals surface area (Å²) in [6.45, 7) is 10.6. The van der Waals surface area contributed by atoms with Crippen LogP contribution in [0.2, 0.25) is 0 Å². The van der Waals surface area contributed by atoms with E-state index in [1.807, 2.05) is 34.6 Å². The number of hydrogen-bond acceptors (Lipinski definition) is 4. The second-order valence-electron chi connectivity index (χ2n) is 5.80. The second-order valence-corrected chi connectivity index (χ2v) is 5.80. The molecule has 0 unspecified atom stereocenters. The number of carbonyl (C=O) groups excluding carboxylic acids is 2. The van der Waals surface area contributed by atoms with E-state index in [2.05, 4.69) is 0 Å². The van der Waals surface area contributed by atoms with E-state index in [4.69, 9.17) is 9.47 Å². The van der Waals surface area contributed by atoms with Crippen molar-refractivity contribution in [3.8, 4) is 0 Å². The van der Waals surface area contributed by atoms with Crippen LogP contribution in [0.1, 0.15) is 47.5 Å². The van der Waals surface area contributed by atoms with Gasteiger partial charge in [0.1, 0.15) is 0 Å². The summed E-state index contributed by atoms with van der Waals surface area (Å²) in [5.74, 6) is -0.375. The smallest absolute Gasteiger partial charge is 0.306 e. The Labute approximate surface area is 104 Å². The minimum absolute atomic E-state index is 0.0478. The first kappa shape index (κ1) is 15.9. The largest absolute Gasteiger partial charge is 0.465 e. The third-order valence-corrected chi connectivity index (χ3v) is 1.78. The van der Waals surface area contributed by atoms with Gasteiger partial charge >= 0.3 is 11.9 Å². The molecular weight excluding hydrogens is 220 g/mol. The average molecular weight is 244 g/mol. The minimum Gasteiger partial charge on any atom is -0.465 e. The van der Waals surface area contributed by atoms with Crippen molar-refractivity contribution in [1.82, 2.24) is 0 Å². The molecule has 4 heteroatoms. The number of ether oxygens (including phenoxy) is 2. The van der Waals surface area contributed by atoms with Gasteiger partial charge in [0.15, 0.2) is 0 Å². The zero-order valence-electron chi connectivity index (χ0n) is 11.5. The van der Waals surface area contributed by atoms with Gasteiger partial charge in [-0.1, -0.05) is 34.6 Å². The molecule has 0 spiro atoms. The third kappa shape index (κ3) is 11.2. The van der Waals surface area contributed by atoms with Crippen molar-refractivity contribution in [3.63, 3.8) is 0 Å². The van der Waals surface area contributed by atoms with Crippen LogP contribution in [-0.2, 0) is 19.1 Å². The second kappa shape index (κ2) is 7.30. The monoisotopic (exact) mass is 244 g/mol. The summed E-state index contributed by atoms with van der Waals surface area (Å²) < 4.78 is 9.99. The van der Waals surface area contributed by atoms with Crippen molar-refractivity contribution >= 4 is 11.9 Å². The molecule has 0 amide bonds. The zero-order valence-corrected chi connectivity index (χ0v) is 11.5. The SMILES string of the molecule is CC(C)COC(=O)CCC(=O)OCC(C)(C)C. The molecule has 0 bridgehead atoms. The first-order valence-corrected chi connectivity index (χ1v) is 6.02. The summed E-state index contributed by atoms with van der Waals surface area (Å²) in [5, 5.41) is 0. The molecule has 0 heterocycles. The van der Waals surface area contributed by atoms with E-state index in [1.54, 1.807) is 0 Å². The van der Waals surface area contributed by atoms with Gasteiger partial charge < -0.3 is 9.47 Å². The fraction of sp³-hybridized carbons (Fsp3) is 0.846. The van der Waals surface area contributed by atoms with Gasteiger partial charge in [-0.25, -0.2) is 0 Å². The highest BCUT2D eigenvalue weighted by atomic mass is 16.5. The van der Waals surface area contributed by atoms with Crippen LogP contribution >= 0.6 is 0 Å². The Hall–Kier alpha value is -1.06. The summed E-state index contributed by atoms with van der Waals surface area (Å²) in [7, 11) is 0. The molecule has 0 aliphatic heterocycles. The van der Waals surface area contributed by atoms with E-state index in [-0.39, 0.29) is 30.2 Å². The van der Waals surface area contributed by atoms with E-state index >= 15 is 0 Å². The Morgan fingerprint density at radius 1 is 1.00 bits per heavy atom. The Balaban J connectivity index is 3.66. The molecular formula is C13H24O4. The minimum atomic E-state index is -0.346. The molecule has 0 saturated carbocycles. The zero-order chi connectivity index (χ0) is 13.5. The lowest BCUT2D eigenvalue weighted by molar-refractivity contribution is -0.152. The summed E-state index contributed by atoms with van der Waals surface area (Å²) in [5.41, 5.74) is -0.0478. The highest BCUT2D eigenvalue weighted by Crippen LogP contribution is 2.13. The van der Waals surface area contributed by atoms with Crippen LogP contribution in [0.5, 0.6) is 0 Å². The molecule has 0 atom stereocenters. The van der Waals surface area contributed by atoms with E-state index in [9.17, 15) is 9.59 Å². The fourth-order valence-corrected chi connectivity index (χ4v) is 0.905. The van der Waals surface area contributed by atoms with Crippen LogP contribution in [0.4, 0.5) is 0 Å². The molecule has 0 radical (unpaired) electrons. The highest BCUT2D eigenvalue weighted by Gasteiger charge is 2.15. The number of carbonyl (C=O) groups is 2. The van der Waals surface area contributed by atoms with Crippen molar-refractivity contribution in [3.05, 3.63) is 0 Å². The Morgan fingerprint density at radius 3 is 1.88 bits per heavy atom. The molecule has 0 aromatic rings. The first-order valence-electron chi connectivity index (χ1n) is 6.02.